The SMILES string of the molecule is Cc1cc(Nc2nc(CC3(C(=O)O)CCN(C(=O)O)[C@H](C)C3)c(F)c(Cl)c2Cl)nn1C(C)(C)C. The summed E-state index contributed by atoms with van der Waals surface area (Å²) < 4.78 is 16.9. The van der Waals surface area contributed by atoms with E-state index in [1.165, 1.54) is 4.90 Å². The second kappa shape index (κ2) is 9.22. The molecule has 1 amide bonds. The molecule has 0 aliphatic carbocycles. The number of nitrogens with one attached hydrogen (secondary N) is 1. The molecule has 1 unspecified atom stereocenters. The highest BCUT2D eigenvalue weighted by molar-refractivity contribution is 6.43. The zero-order chi connectivity index (χ0) is 25.6. The standard InChI is InChI=1S/C22H28Cl2FN5O4/c1-11-8-14(28-30(11)21(3,4)5)27-18-16(24)15(23)17(25)13(26-18)10-22(19(31)32)6-7-29(20(33)34)12(2)9-22/h8,12H,6-7,9-10H2,1-5H3,(H,31,32)(H,33,34)(H,26,27,28)/t12-,22?/m1/s1. The molecule has 9 nitrogen and oxygen atoms in total. The molecule has 3 heterocycles. The lowest BCUT2D eigenvalue weighted by molar-refractivity contribution is -0.153. The average Bonchev–Trinajstić information content (AvgIpc) is 3.10. The Kier molecular flexibility index (Phi) is 7.06. The fourth-order valence-corrected chi connectivity index (χ4v) is 4.83. The molecule has 12 heteroatoms. The number of anilines is 2. The molecule has 0 aromatic carbocycles. The van der Waals surface area contributed by atoms with E-state index in [1.54, 1.807) is 13.0 Å². The van der Waals surface area contributed by atoms with Gasteiger partial charge in [-0.1, -0.05) is 23.2 Å². The molecule has 2 atom stereocenters. The van der Waals surface area contributed by atoms with Crippen LogP contribution in [0, 0.1) is 18.2 Å². The summed E-state index contributed by atoms with van der Waals surface area (Å²) in [4.78, 5) is 29.1. The van der Waals surface area contributed by atoms with Crippen LogP contribution >= 0.6 is 23.2 Å². The van der Waals surface area contributed by atoms with Gasteiger partial charge < -0.3 is 20.4 Å². The van der Waals surface area contributed by atoms with Gasteiger partial charge in [0.15, 0.2) is 17.5 Å². The lowest BCUT2D eigenvalue weighted by Gasteiger charge is -2.42. The molecule has 1 fully saturated rings. The van der Waals surface area contributed by atoms with Crippen molar-refractivity contribution < 1.29 is 24.2 Å². The summed E-state index contributed by atoms with van der Waals surface area (Å²) in [5, 5.41) is 26.3. The molecule has 34 heavy (non-hydrogen) atoms. The molecular formula is C22H28Cl2FN5O4. The zero-order valence-corrected chi connectivity index (χ0v) is 21.1. The zero-order valence-electron chi connectivity index (χ0n) is 19.6. The van der Waals surface area contributed by atoms with Crippen molar-refractivity contribution >= 4 is 46.9 Å². The maximum absolute atomic E-state index is 15.1. The number of aryl methyl sites for hydroxylation is 1. The minimum absolute atomic E-state index is 0.00788. The third kappa shape index (κ3) is 4.93. The predicted molar refractivity (Wildman–Crippen MR) is 127 cm³/mol. The number of amides is 1. The minimum atomic E-state index is -1.40. The van der Waals surface area contributed by atoms with Crippen LogP contribution in [0.4, 0.5) is 20.8 Å². The van der Waals surface area contributed by atoms with Crippen molar-refractivity contribution in [3.8, 4) is 0 Å². The van der Waals surface area contributed by atoms with E-state index < -0.39 is 29.3 Å². The summed E-state index contributed by atoms with van der Waals surface area (Å²) >= 11 is 12.4. The third-order valence-corrected chi connectivity index (χ3v) is 6.94. The topological polar surface area (TPSA) is 121 Å². The Morgan fingerprint density at radius 3 is 2.44 bits per heavy atom. The van der Waals surface area contributed by atoms with Crippen molar-refractivity contribution in [2.24, 2.45) is 5.41 Å². The van der Waals surface area contributed by atoms with Crippen molar-refractivity contribution in [2.75, 3.05) is 11.9 Å². The smallest absolute Gasteiger partial charge is 0.407 e. The number of aliphatic carboxylic acids is 1. The van der Waals surface area contributed by atoms with Crippen LogP contribution in [0.15, 0.2) is 6.07 Å². The summed E-state index contributed by atoms with van der Waals surface area (Å²) in [6.07, 6.45) is -1.37. The lowest BCUT2D eigenvalue weighted by Crippen LogP contribution is -2.51. The van der Waals surface area contributed by atoms with E-state index in [-0.39, 0.29) is 52.9 Å². The second-order valence-electron chi connectivity index (χ2n) is 9.77. The first-order valence-corrected chi connectivity index (χ1v) is 11.5. The van der Waals surface area contributed by atoms with Gasteiger partial charge in [-0.2, -0.15) is 5.10 Å². The van der Waals surface area contributed by atoms with Gasteiger partial charge in [-0.25, -0.2) is 14.2 Å². The molecule has 0 spiro atoms. The van der Waals surface area contributed by atoms with Crippen LogP contribution < -0.4 is 5.32 Å². The van der Waals surface area contributed by atoms with Crippen LogP contribution in [-0.2, 0) is 16.8 Å². The van der Waals surface area contributed by atoms with E-state index in [4.69, 9.17) is 23.2 Å². The molecular weight excluding hydrogens is 488 g/mol. The Bertz CT molecular complexity index is 1130. The van der Waals surface area contributed by atoms with Crippen LogP contribution in [0.1, 0.15) is 51.9 Å². The van der Waals surface area contributed by atoms with Crippen molar-refractivity contribution in [3.63, 3.8) is 0 Å². The minimum Gasteiger partial charge on any atom is -0.481 e. The highest BCUT2D eigenvalue weighted by atomic mass is 35.5. The van der Waals surface area contributed by atoms with Gasteiger partial charge in [0.2, 0.25) is 0 Å². The van der Waals surface area contributed by atoms with Gasteiger partial charge in [0.25, 0.3) is 0 Å². The van der Waals surface area contributed by atoms with E-state index in [0.717, 1.165) is 5.69 Å². The molecule has 0 radical (unpaired) electrons. The van der Waals surface area contributed by atoms with Gasteiger partial charge in [0, 0.05) is 30.8 Å². The quantitative estimate of drug-likeness (QED) is 0.493. The molecule has 1 aliphatic rings. The van der Waals surface area contributed by atoms with Gasteiger partial charge in [0.05, 0.1) is 16.6 Å². The Morgan fingerprint density at radius 2 is 1.94 bits per heavy atom. The Morgan fingerprint density at radius 1 is 1.29 bits per heavy atom. The highest BCUT2D eigenvalue weighted by Crippen LogP contribution is 2.41. The Labute approximate surface area is 206 Å². The molecule has 3 rings (SSSR count). The van der Waals surface area contributed by atoms with E-state index in [1.807, 2.05) is 32.4 Å². The van der Waals surface area contributed by atoms with E-state index in [2.05, 4.69) is 15.4 Å². The fraction of sp³-hybridized carbons (Fsp3) is 0.545. The van der Waals surface area contributed by atoms with Crippen LogP contribution in [0.25, 0.3) is 0 Å². The number of rotatable bonds is 5. The van der Waals surface area contributed by atoms with E-state index in [9.17, 15) is 19.8 Å². The summed E-state index contributed by atoms with van der Waals surface area (Å²) in [6.45, 7) is 9.53. The first kappa shape index (κ1) is 26.0. The number of hydrogen-bond acceptors (Lipinski definition) is 5. The highest BCUT2D eigenvalue weighted by Gasteiger charge is 2.46. The normalized spacial score (nSPS) is 20.9. The van der Waals surface area contributed by atoms with Crippen LogP contribution in [0.5, 0.6) is 0 Å². The van der Waals surface area contributed by atoms with E-state index >= 15 is 4.39 Å². The van der Waals surface area contributed by atoms with Gasteiger partial charge in [-0.15, -0.1) is 0 Å². The Hall–Kier alpha value is -2.59. The van der Waals surface area contributed by atoms with Gasteiger partial charge in [-0.05, 0) is 47.5 Å². The van der Waals surface area contributed by atoms with Gasteiger partial charge >= 0.3 is 12.1 Å². The number of nitrogens with zero attached hydrogens (tertiary/aromatic N) is 4. The molecule has 2 aromatic rings. The largest absolute Gasteiger partial charge is 0.481 e. The van der Waals surface area contributed by atoms with Crippen molar-refractivity contribution in [1.82, 2.24) is 19.7 Å². The molecule has 0 bridgehead atoms. The summed E-state index contributed by atoms with van der Waals surface area (Å²) in [7, 11) is 0. The lowest BCUT2D eigenvalue weighted by atomic mass is 9.72. The number of piperidine rings is 1. The van der Waals surface area contributed by atoms with Gasteiger partial charge in [0.1, 0.15) is 10.0 Å². The third-order valence-electron chi connectivity index (χ3n) is 6.12. The molecule has 1 aliphatic heterocycles. The van der Waals surface area contributed by atoms with E-state index in [0.29, 0.717) is 5.82 Å². The number of halogens is 3. The number of likely N-dealkylation sites (tertiary alicyclic amines) is 1. The second-order valence-corrected chi connectivity index (χ2v) is 10.5. The summed E-state index contributed by atoms with van der Waals surface area (Å²) in [5.41, 5.74) is -0.967. The molecule has 1 saturated heterocycles. The first-order valence-electron chi connectivity index (χ1n) is 10.8. The summed E-state index contributed by atoms with van der Waals surface area (Å²) in [6, 6.07) is 1.22. The molecule has 3 N–H and O–H groups in total. The monoisotopic (exact) mass is 515 g/mol. The summed E-state index contributed by atoms with van der Waals surface area (Å²) in [5.74, 6) is -1.57. The Balaban J connectivity index is 1.97. The van der Waals surface area contributed by atoms with Gasteiger partial charge in [-0.3, -0.25) is 9.48 Å². The van der Waals surface area contributed by atoms with Crippen LogP contribution in [0.3, 0.4) is 0 Å². The van der Waals surface area contributed by atoms with Crippen molar-refractivity contribution in [3.05, 3.63) is 33.3 Å². The maximum atomic E-state index is 15.1. The number of pyridine rings is 1. The first-order chi connectivity index (χ1) is 15.7. The number of carboxylic acids is 1. The van der Waals surface area contributed by atoms with Crippen LogP contribution in [-0.4, -0.2) is 54.5 Å². The van der Waals surface area contributed by atoms with Crippen LogP contribution in [0.2, 0.25) is 10.0 Å². The fourth-order valence-electron chi connectivity index (χ4n) is 4.46. The molecule has 2 aromatic heterocycles. The number of hydrogen-bond donors (Lipinski definition) is 3. The van der Waals surface area contributed by atoms with Crippen molar-refractivity contribution in [1.29, 1.82) is 0 Å². The average molecular weight is 516 g/mol. The number of aromatic nitrogens is 3. The molecule has 186 valence electrons. The maximum Gasteiger partial charge on any atom is 0.407 e. The number of carbonyl (C=O) groups is 2. The van der Waals surface area contributed by atoms with Crippen molar-refractivity contribution in [2.45, 2.75) is 65.5 Å². The number of carboxylic acid groups (broad SMARTS) is 2. The predicted octanol–water partition coefficient (Wildman–Crippen LogP) is 5.31. The molecule has 0 saturated carbocycles.